The van der Waals surface area contributed by atoms with Crippen molar-refractivity contribution >= 4 is 23.2 Å². The van der Waals surface area contributed by atoms with Gasteiger partial charge in [0.15, 0.2) is 0 Å². The highest BCUT2D eigenvalue weighted by atomic mass is 16.5. The standard InChI is InChI=1S/C22H26N2O3/c1-14(2)17-7-5-6-8-18(17)23-22(26)16-12-21(25)24(13-16)19-11-15(3)9-10-20(19)27-4/h5-11,14,16H,12-13H2,1-4H3,(H,23,26). The van der Waals surface area contributed by atoms with Crippen LogP contribution in [0.1, 0.15) is 37.3 Å². The number of nitrogens with zero attached hydrogens (tertiary/aromatic N) is 1. The van der Waals surface area contributed by atoms with E-state index in [4.69, 9.17) is 4.74 Å². The minimum Gasteiger partial charge on any atom is -0.495 e. The van der Waals surface area contributed by atoms with Gasteiger partial charge in [0.1, 0.15) is 5.75 Å². The molecule has 0 saturated carbocycles. The Kier molecular flexibility index (Phi) is 5.49. The van der Waals surface area contributed by atoms with Crippen LogP contribution >= 0.6 is 0 Å². The van der Waals surface area contributed by atoms with Crippen molar-refractivity contribution in [3.8, 4) is 5.75 Å². The maximum atomic E-state index is 12.8. The molecule has 0 aromatic heterocycles. The van der Waals surface area contributed by atoms with Crippen LogP contribution in [0.15, 0.2) is 42.5 Å². The lowest BCUT2D eigenvalue weighted by atomic mass is 10.0. The summed E-state index contributed by atoms with van der Waals surface area (Å²) in [6, 6.07) is 13.5. The number of ether oxygens (including phenoxy) is 1. The van der Waals surface area contributed by atoms with E-state index in [9.17, 15) is 9.59 Å². The van der Waals surface area contributed by atoms with E-state index in [1.807, 2.05) is 49.4 Å². The van der Waals surface area contributed by atoms with E-state index >= 15 is 0 Å². The number of nitrogens with one attached hydrogen (secondary N) is 1. The van der Waals surface area contributed by atoms with Gasteiger partial charge >= 0.3 is 0 Å². The number of amides is 2. The van der Waals surface area contributed by atoms with Crippen LogP contribution in [-0.2, 0) is 9.59 Å². The summed E-state index contributed by atoms with van der Waals surface area (Å²) >= 11 is 0. The van der Waals surface area contributed by atoms with Crippen molar-refractivity contribution in [1.29, 1.82) is 0 Å². The van der Waals surface area contributed by atoms with Crippen molar-refractivity contribution in [2.45, 2.75) is 33.1 Å². The van der Waals surface area contributed by atoms with E-state index in [2.05, 4.69) is 19.2 Å². The van der Waals surface area contributed by atoms with Crippen molar-refractivity contribution in [2.75, 3.05) is 23.9 Å². The zero-order chi connectivity index (χ0) is 19.6. The Morgan fingerprint density at radius 2 is 1.96 bits per heavy atom. The molecule has 0 aliphatic carbocycles. The van der Waals surface area contributed by atoms with Gasteiger partial charge in [0.2, 0.25) is 11.8 Å². The second-order valence-electron chi connectivity index (χ2n) is 7.31. The SMILES string of the molecule is COc1ccc(C)cc1N1CC(C(=O)Nc2ccccc2C(C)C)CC1=O. The molecule has 1 saturated heterocycles. The predicted molar refractivity (Wildman–Crippen MR) is 107 cm³/mol. The van der Waals surface area contributed by atoms with Crippen LogP contribution in [0.4, 0.5) is 11.4 Å². The van der Waals surface area contributed by atoms with Gasteiger partial charge < -0.3 is 15.0 Å². The first-order valence-electron chi connectivity index (χ1n) is 9.25. The summed E-state index contributed by atoms with van der Waals surface area (Å²) in [6.07, 6.45) is 0.201. The minimum absolute atomic E-state index is 0.0591. The van der Waals surface area contributed by atoms with E-state index in [0.29, 0.717) is 18.2 Å². The van der Waals surface area contributed by atoms with Crippen molar-refractivity contribution in [3.63, 3.8) is 0 Å². The summed E-state index contributed by atoms with van der Waals surface area (Å²) in [5.41, 5.74) is 3.67. The van der Waals surface area contributed by atoms with Gasteiger partial charge in [0, 0.05) is 18.7 Å². The number of benzene rings is 2. The number of hydrogen-bond donors (Lipinski definition) is 1. The van der Waals surface area contributed by atoms with Crippen molar-refractivity contribution in [3.05, 3.63) is 53.6 Å². The highest BCUT2D eigenvalue weighted by molar-refractivity contribution is 6.04. The third-order valence-electron chi connectivity index (χ3n) is 4.96. The second-order valence-corrected chi connectivity index (χ2v) is 7.31. The molecule has 0 spiro atoms. The molecule has 0 bridgehead atoms. The average molecular weight is 366 g/mol. The summed E-state index contributed by atoms with van der Waals surface area (Å²) in [5, 5.41) is 3.02. The Hall–Kier alpha value is -2.82. The van der Waals surface area contributed by atoms with Crippen molar-refractivity contribution < 1.29 is 14.3 Å². The Bertz CT molecular complexity index is 860. The largest absolute Gasteiger partial charge is 0.495 e. The van der Waals surface area contributed by atoms with Crippen LogP contribution in [0, 0.1) is 12.8 Å². The third-order valence-corrected chi connectivity index (χ3v) is 4.96. The highest BCUT2D eigenvalue weighted by Crippen LogP contribution is 2.34. The molecule has 2 aromatic carbocycles. The van der Waals surface area contributed by atoms with Gasteiger partial charge in [-0.25, -0.2) is 0 Å². The summed E-state index contributed by atoms with van der Waals surface area (Å²) in [6.45, 7) is 6.51. The summed E-state index contributed by atoms with van der Waals surface area (Å²) in [4.78, 5) is 27.1. The van der Waals surface area contributed by atoms with E-state index in [1.165, 1.54) is 0 Å². The lowest BCUT2D eigenvalue weighted by Gasteiger charge is -2.20. The number of anilines is 2. The number of carbonyl (C=O) groups excluding carboxylic acids is 2. The average Bonchev–Trinajstić information content (AvgIpc) is 3.03. The monoisotopic (exact) mass is 366 g/mol. The molecule has 1 aliphatic rings. The first kappa shape index (κ1) is 19.0. The Morgan fingerprint density at radius 1 is 1.22 bits per heavy atom. The fraction of sp³-hybridized carbons (Fsp3) is 0.364. The maximum Gasteiger partial charge on any atom is 0.229 e. The highest BCUT2D eigenvalue weighted by Gasteiger charge is 2.36. The van der Waals surface area contributed by atoms with E-state index in [-0.39, 0.29) is 24.2 Å². The molecular weight excluding hydrogens is 340 g/mol. The Labute approximate surface area is 160 Å². The quantitative estimate of drug-likeness (QED) is 0.866. The molecule has 1 N–H and O–H groups in total. The zero-order valence-corrected chi connectivity index (χ0v) is 16.3. The van der Waals surface area contributed by atoms with Crippen molar-refractivity contribution in [2.24, 2.45) is 5.92 Å². The van der Waals surface area contributed by atoms with Crippen LogP contribution in [0.25, 0.3) is 0 Å². The smallest absolute Gasteiger partial charge is 0.229 e. The van der Waals surface area contributed by atoms with E-state index < -0.39 is 0 Å². The van der Waals surface area contributed by atoms with E-state index in [1.54, 1.807) is 12.0 Å². The van der Waals surface area contributed by atoms with Gasteiger partial charge in [0.05, 0.1) is 18.7 Å². The number of carbonyl (C=O) groups is 2. The number of hydrogen-bond acceptors (Lipinski definition) is 3. The molecule has 1 unspecified atom stereocenters. The minimum atomic E-state index is -0.386. The molecule has 1 fully saturated rings. The Balaban J connectivity index is 1.78. The van der Waals surface area contributed by atoms with Crippen LogP contribution in [0.5, 0.6) is 5.75 Å². The molecule has 0 radical (unpaired) electrons. The lowest BCUT2D eigenvalue weighted by molar-refractivity contribution is -0.122. The fourth-order valence-electron chi connectivity index (χ4n) is 3.48. The van der Waals surface area contributed by atoms with Crippen molar-refractivity contribution in [1.82, 2.24) is 0 Å². The van der Waals surface area contributed by atoms with Gasteiger partial charge in [0.25, 0.3) is 0 Å². The molecule has 5 heteroatoms. The van der Waals surface area contributed by atoms with Crippen LogP contribution in [-0.4, -0.2) is 25.5 Å². The van der Waals surface area contributed by atoms with Gasteiger partial charge in [-0.2, -0.15) is 0 Å². The van der Waals surface area contributed by atoms with Crippen LogP contribution < -0.4 is 15.0 Å². The van der Waals surface area contributed by atoms with Gasteiger partial charge in [-0.1, -0.05) is 38.1 Å². The summed E-state index contributed by atoms with van der Waals surface area (Å²) in [7, 11) is 1.59. The van der Waals surface area contributed by atoms with Crippen LogP contribution in [0.2, 0.25) is 0 Å². The van der Waals surface area contributed by atoms with Gasteiger partial charge in [-0.15, -0.1) is 0 Å². The number of rotatable bonds is 5. The summed E-state index contributed by atoms with van der Waals surface area (Å²) < 4.78 is 5.40. The normalized spacial score (nSPS) is 16.7. The molecule has 142 valence electrons. The molecule has 1 heterocycles. The molecule has 1 aliphatic heterocycles. The molecule has 1 atom stereocenters. The maximum absolute atomic E-state index is 12.8. The second kappa shape index (κ2) is 7.82. The predicted octanol–water partition coefficient (Wildman–Crippen LogP) is 4.12. The first-order chi connectivity index (χ1) is 12.9. The van der Waals surface area contributed by atoms with Gasteiger partial charge in [-0.3, -0.25) is 9.59 Å². The molecular formula is C22H26N2O3. The zero-order valence-electron chi connectivity index (χ0n) is 16.3. The topological polar surface area (TPSA) is 58.6 Å². The number of methoxy groups -OCH3 is 1. The Morgan fingerprint density at radius 3 is 2.67 bits per heavy atom. The molecule has 3 rings (SSSR count). The number of para-hydroxylation sites is 1. The molecule has 2 aromatic rings. The molecule has 2 amide bonds. The van der Waals surface area contributed by atoms with E-state index in [0.717, 1.165) is 22.5 Å². The number of aryl methyl sites for hydroxylation is 1. The molecule has 5 nitrogen and oxygen atoms in total. The van der Waals surface area contributed by atoms with Gasteiger partial charge in [-0.05, 0) is 42.2 Å². The van der Waals surface area contributed by atoms with Crippen LogP contribution in [0.3, 0.4) is 0 Å². The third kappa shape index (κ3) is 3.97. The lowest BCUT2D eigenvalue weighted by Crippen LogP contribution is -2.28. The fourth-order valence-corrected chi connectivity index (χ4v) is 3.48. The first-order valence-corrected chi connectivity index (χ1v) is 9.25. The molecule has 27 heavy (non-hydrogen) atoms. The summed E-state index contributed by atoms with van der Waals surface area (Å²) in [5.74, 6) is 0.379.